The summed E-state index contributed by atoms with van der Waals surface area (Å²) >= 11 is 0. The number of amides is 1. The SMILES string of the molecule is CC1C(=O)NOc2cc3c(cc21)C=CC3=O. The van der Waals surface area contributed by atoms with Crippen LogP contribution in [0.5, 0.6) is 5.75 Å². The highest BCUT2D eigenvalue weighted by molar-refractivity contribution is 6.14. The Balaban J connectivity index is 2.19. The quantitative estimate of drug-likeness (QED) is 0.712. The van der Waals surface area contributed by atoms with Crippen molar-refractivity contribution in [3.8, 4) is 5.75 Å². The summed E-state index contributed by atoms with van der Waals surface area (Å²) in [6, 6.07) is 3.53. The van der Waals surface area contributed by atoms with Gasteiger partial charge in [-0.3, -0.25) is 9.59 Å². The van der Waals surface area contributed by atoms with Crippen molar-refractivity contribution >= 4 is 17.8 Å². The largest absolute Gasteiger partial charge is 0.379 e. The molecule has 1 atom stereocenters. The molecule has 1 aliphatic carbocycles. The van der Waals surface area contributed by atoms with E-state index in [1.54, 1.807) is 12.1 Å². The zero-order valence-electron chi connectivity index (χ0n) is 8.61. The van der Waals surface area contributed by atoms with Crippen LogP contribution in [0.25, 0.3) is 6.08 Å². The van der Waals surface area contributed by atoms with E-state index in [2.05, 4.69) is 5.48 Å². The van der Waals surface area contributed by atoms with Gasteiger partial charge in [0.2, 0.25) is 0 Å². The van der Waals surface area contributed by atoms with E-state index in [1.807, 2.05) is 13.0 Å². The average Bonchev–Trinajstić information content (AvgIpc) is 2.64. The lowest BCUT2D eigenvalue weighted by Crippen LogP contribution is -2.35. The Labute approximate surface area is 91.9 Å². The normalized spacial score (nSPS) is 21.2. The summed E-state index contributed by atoms with van der Waals surface area (Å²) in [6.07, 6.45) is 3.28. The third kappa shape index (κ3) is 1.10. The van der Waals surface area contributed by atoms with Crippen molar-refractivity contribution in [1.29, 1.82) is 0 Å². The highest BCUT2D eigenvalue weighted by Crippen LogP contribution is 2.35. The molecule has 3 rings (SSSR count). The number of ketones is 1. The molecule has 4 nitrogen and oxygen atoms in total. The van der Waals surface area contributed by atoms with Gasteiger partial charge >= 0.3 is 0 Å². The maximum atomic E-state index is 11.5. The molecule has 1 N–H and O–H groups in total. The van der Waals surface area contributed by atoms with E-state index in [4.69, 9.17) is 4.84 Å². The first-order valence-electron chi connectivity index (χ1n) is 5.04. The fourth-order valence-electron chi connectivity index (χ4n) is 1.98. The Morgan fingerprint density at radius 2 is 2.06 bits per heavy atom. The number of allylic oxidation sites excluding steroid dienone is 1. The standard InChI is InChI=1S/C12H9NO3/c1-6-8-4-7-2-3-10(14)9(7)5-11(8)16-13-12(6)15/h2-6H,1H3,(H,13,15). The van der Waals surface area contributed by atoms with Gasteiger partial charge in [0.05, 0.1) is 5.92 Å². The van der Waals surface area contributed by atoms with Crippen molar-refractivity contribution in [1.82, 2.24) is 5.48 Å². The monoisotopic (exact) mass is 215 g/mol. The second-order valence-corrected chi connectivity index (χ2v) is 3.96. The molecule has 1 aromatic carbocycles. The zero-order chi connectivity index (χ0) is 11.3. The number of nitrogens with one attached hydrogen (secondary N) is 1. The van der Waals surface area contributed by atoms with Gasteiger partial charge in [-0.2, -0.15) is 5.48 Å². The van der Waals surface area contributed by atoms with Crippen LogP contribution < -0.4 is 10.3 Å². The average molecular weight is 215 g/mol. The van der Waals surface area contributed by atoms with Crippen molar-refractivity contribution in [3.05, 3.63) is 34.9 Å². The molecule has 2 aliphatic rings. The Bertz CT molecular complexity index is 545. The predicted octanol–water partition coefficient (Wildman–Crippen LogP) is 1.42. The van der Waals surface area contributed by atoms with E-state index in [1.165, 1.54) is 6.08 Å². The van der Waals surface area contributed by atoms with Crippen LogP contribution in [0.2, 0.25) is 0 Å². The molecule has 1 aromatic rings. The number of hydroxylamine groups is 1. The molecular formula is C12H9NO3. The highest BCUT2D eigenvalue weighted by Gasteiger charge is 2.28. The smallest absolute Gasteiger partial charge is 0.259 e. The van der Waals surface area contributed by atoms with Gasteiger partial charge in [-0.05, 0) is 30.7 Å². The second-order valence-electron chi connectivity index (χ2n) is 3.96. The van der Waals surface area contributed by atoms with E-state index in [-0.39, 0.29) is 17.6 Å². The van der Waals surface area contributed by atoms with Crippen molar-refractivity contribution in [2.45, 2.75) is 12.8 Å². The van der Waals surface area contributed by atoms with Gasteiger partial charge in [0, 0.05) is 11.1 Å². The molecule has 4 heteroatoms. The minimum absolute atomic E-state index is 0.0223. The number of hydrogen-bond acceptors (Lipinski definition) is 3. The maximum absolute atomic E-state index is 11.5. The molecule has 0 spiro atoms. The minimum Gasteiger partial charge on any atom is -0.379 e. The van der Waals surface area contributed by atoms with Crippen molar-refractivity contribution < 1.29 is 14.4 Å². The third-order valence-electron chi connectivity index (χ3n) is 2.98. The number of benzene rings is 1. The van der Waals surface area contributed by atoms with Crippen molar-refractivity contribution in [2.75, 3.05) is 0 Å². The third-order valence-corrected chi connectivity index (χ3v) is 2.98. The van der Waals surface area contributed by atoms with E-state index >= 15 is 0 Å². The number of hydrogen-bond donors (Lipinski definition) is 1. The molecule has 0 fully saturated rings. The van der Waals surface area contributed by atoms with Gasteiger partial charge in [-0.25, -0.2) is 0 Å². The van der Waals surface area contributed by atoms with Crippen LogP contribution in [0.1, 0.15) is 34.3 Å². The maximum Gasteiger partial charge on any atom is 0.259 e. The molecule has 1 aliphatic heterocycles. The Morgan fingerprint density at radius 1 is 1.25 bits per heavy atom. The second kappa shape index (κ2) is 2.95. The van der Waals surface area contributed by atoms with Gasteiger partial charge < -0.3 is 4.84 Å². The first kappa shape index (κ1) is 9.15. The van der Waals surface area contributed by atoms with Gasteiger partial charge in [-0.15, -0.1) is 0 Å². The lowest BCUT2D eigenvalue weighted by molar-refractivity contribution is -0.130. The highest BCUT2D eigenvalue weighted by atomic mass is 16.7. The van der Waals surface area contributed by atoms with E-state index in [0.29, 0.717) is 11.3 Å². The fraction of sp³-hybridized carbons (Fsp3) is 0.167. The number of carbonyl (C=O) groups is 2. The van der Waals surface area contributed by atoms with Gasteiger partial charge in [-0.1, -0.05) is 6.08 Å². The van der Waals surface area contributed by atoms with E-state index in [9.17, 15) is 9.59 Å². The summed E-state index contributed by atoms with van der Waals surface area (Å²) in [7, 11) is 0. The summed E-state index contributed by atoms with van der Waals surface area (Å²) in [5.74, 6) is 0.118. The topological polar surface area (TPSA) is 55.4 Å². The van der Waals surface area contributed by atoms with Crippen LogP contribution in [0, 0.1) is 0 Å². The van der Waals surface area contributed by atoms with E-state index < -0.39 is 0 Å². The van der Waals surface area contributed by atoms with Crippen LogP contribution >= 0.6 is 0 Å². The molecule has 0 saturated carbocycles. The van der Waals surface area contributed by atoms with Crippen molar-refractivity contribution in [3.63, 3.8) is 0 Å². The van der Waals surface area contributed by atoms with Crippen LogP contribution in [-0.2, 0) is 4.79 Å². The Kier molecular flexibility index (Phi) is 1.68. The summed E-state index contributed by atoms with van der Waals surface area (Å²) in [6.45, 7) is 1.81. The first-order chi connectivity index (χ1) is 7.66. The number of carbonyl (C=O) groups excluding carboxylic acids is 2. The Morgan fingerprint density at radius 3 is 2.88 bits per heavy atom. The van der Waals surface area contributed by atoms with Crippen LogP contribution in [-0.4, -0.2) is 11.7 Å². The summed E-state index contributed by atoms with van der Waals surface area (Å²) in [4.78, 5) is 28.0. The summed E-state index contributed by atoms with van der Waals surface area (Å²) in [5, 5.41) is 0. The number of fused-ring (bicyclic) bond motifs is 2. The number of rotatable bonds is 0. The zero-order valence-corrected chi connectivity index (χ0v) is 8.61. The Hall–Kier alpha value is -2.10. The van der Waals surface area contributed by atoms with Gasteiger partial charge in [0.1, 0.15) is 0 Å². The summed E-state index contributed by atoms with van der Waals surface area (Å²) < 4.78 is 0. The molecular weight excluding hydrogens is 206 g/mol. The fourth-order valence-corrected chi connectivity index (χ4v) is 1.98. The molecule has 16 heavy (non-hydrogen) atoms. The van der Waals surface area contributed by atoms with E-state index in [0.717, 1.165) is 11.1 Å². The first-order valence-corrected chi connectivity index (χ1v) is 5.04. The van der Waals surface area contributed by atoms with Crippen LogP contribution in [0.3, 0.4) is 0 Å². The van der Waals surface area contributed by atoms with Crippen LogP contribution in [0.15, 0.2) is 18.2 Å². The minimum atomic E-state index is -0.252. The van der Waals surface area contributed by atoms with Gasteiger partial charge in [0.25, 0.3) is 5.91 Å². The molecule has 0 aromatic heterocycles. The molecule has 0 saturated heterocycles. The molecule has 80 valence electrons. The molecule has 0 bridgehead atoms. The van der Waals surface area contributed by atoms with Crippen molar-refractivity contribution in [2.24, 2.45) is 0 Å². The molecule has 1 heterocycles. The molecule has 1 unspecified atom stereocenters. The summed E-state index contributed by atoms with van der Waals surface area (Å²) in [5.41, 5.74) is 4.63. The lowest BCUT2D eigenvalue weighted by Gasteiger charge is -2.22. The molecule has 1 amide bonds. The molecule has 0 radical (unpaired) electrons. The van der Waals surface area contributed by atoms with Gasteiger partial charge in [0.15, 0.2) is 11.5 Å². The van der Waals surface area contributed by atoms with Crippen LogP contribution in [0.4, 0.5) is 0 Å². The lowest BCUT2D eigenvalue weighted by atomic mass is 9.94. The predicted molar refractivity (Wildman–Crippen MR) is 57.0 cm³/mol.